The molecule has 0 saturated carbocycles. The van der Waals surface area contributed by atoms with E-state index in [0.29, 0.717) is 6.61 Å². The molecule has 148 valence electrons. The number of carboxylic acids is 1. The minimum atomic E-state index is -1.19. The molecular weight excluding hydrogens is 362 g/mol. The quantitative estimate of drug-likeness (QED) is 0.645. The van der Waals surface area contributed by atoms with E-state index >= 15 is 0 Å². The first kappa shape index (κ1) is 19.9. The summed E-state index contributed by atoms with van der Waals surface area (Å²) in [7, 11) is 1.52. The number of amides is 1. The first-order chi connectivity index (χ1) is 13.6. The fourth-order valence-electron chi connectivity index (χ4n) is 3.30. The summed E-state index contributed by atoms with van der Waals surface area (Å²) in [4.78, 5) is 23.5. The van der Waals surface area contributed by atoms with E-state index in [1.165, 1.54) is 7.11 Å². The first-order valence-corrected chi connectivity index (χ1v) is 9.02. The standard InChI is InChI=1S/C21H23NO6/c1-26-10-11-27-13-19(20(23)24)22-21(25)28-12-18-16-8-4-2-6-14(16)15-7-3-5-9-17(15)18/h2-9,18-19H,10-13H2,1H3,(H,22,25)(H,23,24). The van der Waals surface area contributed by atoms with Crippen molar-refractivity contribution in [2.24, 2.45) is 0 Å². The average molecular weight is 385 g/mol. The number of rotatable bonds is 9. The molecule has 2 aromatic carbocycles. The molecule has 1 atom stereocenters. The van der Waals surface area contributed by atoms with Gasteiger partial charge in [0.25, 0.3) is 0 Å². The first-order valence-electron chi connectivity index (χ1n) is 9.02. The van der Waals surface area contributed by atoms with Crippen LogP contribution in [-0.4, -0.2) is 56.7 Å². The zero-order chi connectivity index (χ0) is 19.9. The molecule has 0 aliphatic heterocycles. The van der Waals surface area contributed by atoms with Crippen LogP contribution in [-0.2, 0) is 19.0 Å². The number of hydrogen-bond acceptors (Lipinski definition) is 5. The van der Waals surface area contributed by atoms with Crippen LogP contribution in [0, 0.1) is 0 Å². The fraction of sp³-hybridized carbons (Fsp3) is 0.333. The highest BCUT2D eigenvalue weighted by atomic mass is 16.6. The number of alkyl carbamates (subject to hydrolysis) is 1. The third-order valence-corrected chi connectivity index (χ3v) is 4.65. The summed E-state index contributed by atoms with van der Waals surface area (Å²) in [5.74, 6) is -1.27. The minimum Gasteiger partial charge on any atom is -0.480 e. The Labute approximate surface area is 163 Å². The summed E-state index contributed by atoms with van der Waals surface area (Å²) in [6.45, 7) is 0.545. The molecule has 0 heterocycles. The molecule has 1 amide bonds. The Morgan fingerprint density at radius 3 is 2.21 bits per heavy atom. The summed E-state index contributed by atoms with van der Waals surface area (Å²) < 4.78 is 15.4. The Kier molecular flexibility index (Phi) is 6.62. The zero-order valence-corrected chi connectivity index (χ0v) is 15.6. The van der Waals surface area contributed by atoms with Gasteiger partial charge in [-0.2, -0.15) is 0 Å². The molecule has 1 unspecified atom stereocenters. The van der Waals surface area contributed by atoms with E-state index in [0.717, 1.165) is 22.3 Å². The van der Waals surface area contributed by atoms with E-state index < -0.39 is 18.1 Å². The van der Waals surface area contributed by atoms with Crippen molar-refractivity contribution in [2.75, 3.05) is 33.5 Å². The van der Waals surface area contributed by atoms with Crippen molar-refractivity contribution < 1.29 is 28.9 Å². The van der Waals surface area contributed by atoms with Gasteiger partial charge >= 0.3 is 12.1 Å². The number of ether oxygens (including phenoxy) is 3. The lowest BCUT2D eigenvalue weighted by Crippen LogP contribution is -2.44. The highest BCUT2D eigenvalue weighted by molar-refractivity contribution is 5.81. The number of methoxy groups -OCH3 is 1. The average Bonchev–Trinajstić information content (AvgIpc) is 3.02. The smallest absolute Gasteiger partial charge is 0.407 e. The van der Waals surface area contributed by atoms with Gasteiger partial charge in [-0.3, -0.25) is 0 Å². The van der Waals surface area contributed by atoms with Crippen molar-refractivity contribution in [3.63, 3.8) is 0 Å². The van der Waals surface area contributed by atoms with Gasteiger partial charge in [0, 0.05) is 13.0 Å². The molecule has 0 fully saturated rings. The van der Waals surface area contributed by atoms with Crippen LogP contribution in [0.2, 0.25) is 0 Å². The van der Waals surface area contributed by atoms with Gasteiger partial charge < -0.3 is 24.6 Å². The van der Waals surface area contributed by atoms with Crippen molar-refractivity contribution in [1.29, 1.82) is 0 Å². The second-order valence-electron chi connectivity index (χ2n) is 6.43. The maximum Gasteiger partial charge on any atom is 0.407 e. The third-order valence-electron chi connectivity index (χ3n) is 4.65. The van der Waals surface area contributed by atoms with Crippen LogP contribution >= 0.6 is 0 Å². The number of aliphatic carboxylic acids is 1. The second-order valence-corrected chi connectivity index (χ2v) is 6.43. The van der Waals surface area contributed by atoms with Crippen molar-refractivity contribution in [2.45, 2.75) is 12.0 Å². The Bertz CT molecular complexity index is 792. The molecule has 0 spiro atoms. The Hall–Kier alpha value is -2.90. The van der Waals surface area contributed by atoms with Gasteiger partial charge in [0.2, 0.25) is 0 Å². The Morgan fingerprint density at radius 1 is 1.04 bits per heavy atom. The van der Waals surface area contributed by atoms with Gasteiger partial charge in [-0.15, -0.1) is 0 Å². The molecule has 0 aromatic heterocycles. The summed E-state index contributed by atoms with van der Waals surface area (Å²) in [6.07, 6.45) is -0.787. The van der Waals surface area contributed by atoms with Crippen molar-refractivity contribution in [3.05, 3.63) is 59.7 Å². The molecule has 3 rings (SSSR count). The molecule has 1 aliphatic carbocycles. The molecule has 0 bridgehead atoms. The van der Waals surface area contributed by atoms with E-state index in [2.05, 4.69) is 5.32 Å². The van der Waals surface area contributed by atoms with Gasteiger partial charge in [0.15, 0.2) is 6.04 Å². The monoisotopic (exact) mass is 385 g/mol. The molecule has 7 nitrogen and oxygen atoms in total. The van der Waals surface area contributed by atoms with Gasteiger partial charge in [-0.1, -0.05) is 48.5 Å². The molecular formula is C21H23NO6. The SMILES string of the molecule is COCCOCC(NC(=O)OCC1c2ccccc2-c2ccccc21)C(=O)O. The normalized spacial score (nSPS) is 13.5. The molecule has 0 saturated heterocycles. The number of carbonyl (C=O) groups is 2. The van der Waals surface area contributed by atoms with Gasteiger partial charge in [0.1, 0.15) is 6.61 Å². The van der Waals surface area contributed by atoms with Crippen molar-refractivity contribution >= 4 is 12.1 Å². The lowest BCUT2D eigenvalue weighted by atomic mass is 9.98. The highest BCUT2D eigenvalue weighted by Gasteiger charge is 2.29. The molecule has 1 aliphatic rings. The van der Waals surface area contributed by atoms with E-state index in [-0.39, 0.29) is 25.7 Å². The van der Waals surface area contributed by atoms with Crippen molar-refractivity contribution in [1.82, 2.24) is 5.32 Å². The molecule has 2 N–H and O–H groups in total. The Morgan fingerprint density at radius 2 is 1.64 bits per heavy atom. The number of benzene rings is 2. The van der Waals surface area contributed by atoms with Gasteiger partial charge in [-0.25, -0.2) is 9.59 Å². The number of carbonyl (C=O) groups excluding carboxylic acids is 1. The molecule has 28 heavy (non-hydrogen) atoms. The predicted molar refractivity (Wildman–Crippen MR) is 102 cm³/mol. The zero-order valence-electron chi connectivity index (χ0n) is 15.6. The molecule has 7 heteroatoms. The maximum absolute atomic E-state index is 12.2. The van der Waals surface area contributed by atoms with Crippen LogP contribution in [0.5, 0.6) is 0 Å². The highest BCUT2D eigenvalue weighted by Crippen LogP contribution is 2.44. The topological polar surface area (TPSA) is 94.1 Å². The third kappa shape index (κ3) is 4.49. The molecule has 2 aromatic rings. The van der Waals surface area contributed by atoms with Crippen LogP contribution < -0.4 is 5.32 Å². The fourth-order valence-corrected chi connectivity index (χ4v) is 3.30. The summed E-state index contributed by atoms with van der Waals surface area (Å²) >= 11 is 0. The van der Waals surface area contributed by atoms with E-state index in [1.54, 1.807) is 0 Å². The van der Waals surface area contributed by atoms with Crippen LogP contribution in [0.1, 0.15) is 17.0 Å². The van der Waals surface area contributed by atoms with Crippen LogP contribution in [0.3, 0.4) is 0 Å². The van der Waals surface area contributed by atoms with Crippen LogP contribution in [0.15, 0.2) is 48.5 Å². The lowest BCUT2D eigenvalue weighted by Gasteiger charge is -2.17. The number of nitrogens with one attached hydrogen (secondary N) is 1. The summed E-state index contributed by atoms with van der Waals surface area (Å²) in [6, 6.07) is 14.8. The van der Waals surface area contributed by atoms with E-state index in [4.69, 9.17) is 14.2 Å². The van der Waals surface area contributed by atoms with E-state index in [1.807, 2.05) is 48.5 Å². The summed E-state index contributed by atoms with van der Waals surface area (Å²) in [5, 5.41) is 11.6. The Balaban J connectivity index is 1.60. The number of hydrogen-bond donors (Lipinski definition) is 2. The lowest BCUT2D eigenvalue weighted by molar-refractivity contribution is -0.141. The number of fused-ring (bicyclic) bond motifs is 3. The minimum absolute atomic E-state index is 0.0839. The van der Waals surface area contributed by atoms with Crippen molar-refractivity contribution in [3.8, 4) is 11.1 Å². The van der Waals surface area contributed by atoms with Crippen LogP contribution in [0.4, 0.5) is 4.79 Å². The number of carboxylic acid groups (broad SMARTS) is 1. The maximum atomic E-state index is 12.2. The summed E-state index contributed by atoms with van der Waals surface area (Å²) in [5.41, 5.74) is 4.44. The second kappa shape index (κ2) is 9.34. The molecule has 0 radical (unpaired) electrons. The predicted octanol–water partition coefficient (Wildman–Crippen LogP) is 2.64. The van der Waals surface area contributed by atoms with E-state index in [9.17, 15) is 14.7 Å². The van der Waals surface area contributed by atoms with Gasteiger partial charge in [-0.05, 0) is 22.3 Å². The van der Waals surface area contributed by atoms with Gasteiger partial charge in [0.05, 0.1) is 19.8 Å². The van der Waals surface area contributed by atoms with Crippen LogP contribution in [0.25, 0.3) is 11.1 Å². The largest absolute Gasteiger partial charge is 0.480 e.